The number of benzene rings is 2. The summed E-state index contributed by atoms with van der Waals surface area (Å²) in [7, 11) is 0. The van der Waals surface area contributed by atoms with Gasteiger partial charge >= 0.3 is 0 Å². The van der Waals surface area contributed by atoms with Gasteiger partial charge in [-0.25, -0.2) is 4.39 Å². The number of nitrogens with one attached hydrogen (secondary N) is 3. The van der Waals surface area contributed by atoms with E-state index in [2.05, 4.69) is 31.9 Å². The number of amides is 3. The molecule has 0 aliphatic carbocycles. The van der Waals surface area contributed by atoms with Gasteiger partial charge in [-0.15, -0.1) is 0 Å². The fraction of sp³-hybridized carbons (Fsp3) is 0.211. The standard InChI is InChI=1S/C19H18BrClFN3O3/c20-16-6-5-14(22)11-15(16)19(28)24-8-7-17(26)23-9-10-25-18(27)12-1-3-13(21)4-2-12/h1-6,11H,7-10H2,(H,23,26)(H,24,28)(H,25,27). The van der Waals surface area contributed by atoms with Gasteiger partial charge in [-0.05, 0) is 58.4 Å². The molecule has 28 heavy (non-hydrogen) atoms. The van der Waals surface area contributed by atoms with Crippen molar-refractivity contribution < 1.29 is 18.8 Å². The quantitative estimate of drug-likeness (QED) is 0.519. The highest BCUT2D eigenvalue weighted by Crippen LogP contribution is 2.17. The second kappa shape index (κ2) is 10.8. The van der Waals surface area contributed by atoms with Gasteiger partial charge in [0.25, 0.3) is 11.8 Å². The second-order valence-corrected chi connectivity index (χ2v) is 7.03. The first-order valence-corrected chi connectivity index (χ1v) is 9.57. The molecule has 148 valence electrons. The van der Waals surface area contributed by atoms with Crippen molar-refractivity contribution in [3.05, 3.63) is 68.9 Å². The Bertz CT molecular complexity index is 862. The number of carbonyl (C=O) groups is 3. The van der Waals surface area contributed by atoms with Gasteiger partial charge in [-0.1, -0.05) is 11.6 Å². The summed E-state index contributed by atoms with van der Waals surface area (Å²) in [5.41, 5.74) is 0.632. The summed E-state index contributed by atoms with van der Waals surface area (Å²) in [6, 6.07) is 10.2. The van der Waals surface area contributed by atoms with Crippen molar-refractivity contribution in [2.75, 3.05) is 19.6 Å². The minimum atomic E-state index is -0.522. The van der Waals surface area contributed by atoms with Crippen molar-refractivity contribution in [2.24, 2.45) is 0 Å². The Morgan fingerprint density at radius 1 is 0.893 bits per heavy atom. The molecule has 3 N–H and O–H groups in total. The molecule has 2 aromatic rings. The van der Waals surface area contributed by atoms with Crippen LogP contribution in [0.3, 0.4) is 0 Å². The molecule has 0 saturated carbocycles. The molecule has 0 fully saturated rings. The summed E-state index contributed by atoms with van der Waals surface area (Å²) >= 11 is 8.94. The van der Waals surface area contributed by atoms with Gasteiger partial charge in [0.1, 0.15) is 5.82 Å². The average Bonchev–Trinajstić information content (AvgIpc) is 2.67. The first-order chi connectivity index (χ1) is 13.4. The second-order valence-electron chi connectivity index (χ2n) is 5.74. The van der Waals surface area contributed by atoms with Gasteiger partial charge in [0, 0.05) is 41.1 Å². The number of rotatable bonds is 8. The normalized spacial score (nSPS) is 10.2. The third-order valence-corrected chi connectivity index (χ3v) is 4.59. The minimum absolute atomic E-state index is 0.0593. The zero-order chi connectivity index (χ0) is 20.5. The molecule has 3 amide bonds. The largest absolute Gasteiger partial charge is 0.354 e. The van der Waals surface area contributed by atoms with E-state index in [4.69, 9.17) is 11.6 Å². The summed E-state index contributed by atoms with van der Waals surface area (Å²) in [5.74, 6) is -1.54. The molecule has 0 heterocycles. The van der Waals surface area contributed by atoms with Gasteiger partial charge in [-0.2, -0.15) is 0 Å². The maximum Gasteiger partial charge on any atom is 0.252 e. The summed E-state index contributed by atoms with van der Waals surface area (Å²) in [5, 5.41) is 8.41. The molecule has 6 nitrogen and oxygen atoms in total. The minimum Gasteiger partial charge on any atom is -0.354 e. The SMILES string of the molecule is O=C(CCNC(=O)c1cc(F)ccc1Br)NCCNC(=O)c1ccc(Cl)cc1. The number of carbonyl (C=O) groups excluding carboxylic acids is 3. The van der Waals surface area contributed by atoms with Crippen LogP contribution in [0.4, 0.5) is 4.39 Å². The Hall–Kier alpha value is -2.45. The fourth-order valence-electron chi connectivity index (χ4n) is 2.23. The first kappa shape index (κ1) is 21.8. The lowest BCUT2D eigenvalue weighted by atomic mass is 10.2. The van der Waals surface area contributed by atoms with Gasteiger partial charge < -0.3 is 16.0 Å². The van der Waals surface area contributed by atoms with Gasteiger partial charge in [-0.3, -0.25) is 14.4 Å². The maximum absolute atomic E-state index is 13.2. The topological polar surface area (TPSA) is 87.3 Å². The molecular formula is C19H18BrClFN3O3. The van der Waals surface area contributed by atoms with Crippen molar-refractivity contribution in [3.63, 3.8) is 0 Å². The molecule has 0 saturated heterocycles. The van der Waals surface area contributed by atoms with Crippen LogP contribution in [0.1, 0.15) is 27.1 Å². The van der Waals surface area contributed by atoms with E-state index < -0.39 is 11.7 Å². The van der Waals surface area contributed by atoms with Gasteiger partial charge in [0.05, 0.1) is 5.56 Å². The predicted octanol–water partition coefficient (Wildman–Crippen LogP) is 2.91. The van der Waals surface area contributed by atoms with Crippen LogP contribution in [0.25, 0.3) is 0 Å². The number of hydrogen-bond donors (Lipinski definition) is 3. The van der Waals surface area contributed by atoms with E-state index in [1.807, 2.05) is 0 Å². The zero-order valence-corrected chi connectivity index (χ0v) is 17.1. The lowest BCUT2D eigenvalue weighted by Crippen LogP contribution is -2.36. The summed E-state index contributed by atoms with van der Waals surface area (Å²) in [6.45, 7) is 0.613. The summed E-state index contributed by atoms with van der Waals surface area (Å²) < 4.78 is 13.7. The van der Waals surface area contributed by atoms with Gasteiger partial charge in [0.15, 0.2) is 0 Å². The Balaban J connectivity index is 1.63. The lowest BCUT2D eigenvalue weighted by Gasteiger charge is -2.09. The highest BCUT2D eigenvalue weighted by molar-refractivity contribution is 9.10. The number of halogens is 3. The Morgan fingerprint density at radius 3 is 2.25 bits per heavy atom. The Kier molecular flexibility index (Phi) is 8.41. The highest BCUT2D eigenvalue weighted by Gasteiger charge is 2.11. The third-order valence-electron chi connectivity index (χ3n) is 3.65. The molecule has 0 aliphatic heterocycles. The van der Waals surface area contributed by atoms with Gasteiger partial charge in [0.2, 0.25) is 5.91 Å². The van der Waals surface area contributed by atoms with Crippen LogP contribution in [0.15, 0.2) is 46.9 Å². The van der Waals surface area contributed by atoms with E-state index in [1.54, 1.807) is 24.3 Å². The molecule has 0 unspecified atom stereocenters. The smallest absolute Gasteiger partial charge is 0.252 e. The summed E-state index contributed by atoms with van der Waals surface area (Å²) in [6.07, 6.45) is 0.0593. The molecule has 0 aliphatic rings. The zero-order valence-electron chi connectivity index (χ0n) is 14.7. The maximum atomic E-state index is 13.2. The molecule has 0 spiro atoms. The summed E-state index contributed by atoms with van der Waals surface area (Å²) in [4.78, 5) is 35.7. The van der Waals surface area contributed by atoms with Crippen molar-refractivity contribution in [3.8, 4) is 0 Å². The van der Waals surface area contributed by atoms with Crippen LogP contribution in [0, 0.1) is 5.82 Å². The molecule has 0 radical (unpaired) electrons. The monoisotopic (exact) mass is 469 g/mol. The first-order valence-electron chi connectivity index (χ1n) is 8.40. The number of hydrogen-bond acceptors (Lipinski definition) is 3. The lowest BCUT2D eigenvalue weighted by molar-refractivity contribution is -0.120. The average molecular weight is 471 g/mol. The predicted molar refractivity (Wildman–Crippen MR) is 108 cm³/mol. The molecule has 0 aromatic heterocycles. The Labute approximate surface area is 175 Å². The van der Waals surface area contributed by atoms with E-state index in [0.29, 0.717) is 15.1 Å². The Morgan fingerprint density at radius 2 is 1.54 bits per heavy atom. The van der Waals surface area contributed by atoms with Crippen LogP contribution >= 0.6 is 27.5 Å². The molecule has 9 heteroatoms. The van der Waals surface area contributed by atoms with E-state index in [0.717, 1.165) is 6.07 Å². The van der Waals surface area contributed by atoms with Crippen LogP contribution < -0.4 is 16.0 Å². The van der Waals surface area contributed by atoms with E-state index >= 15 is 0 Å². The van der Waals surface area contributed by atoms with E-state index in [9.17, 15) is 18.8 Å². The van der Waals surface area contributed by atoms with Crippen LogP contribution in [-0.2, 0) is 4.79 Å². The molecular weight excluding hydrogens is 453 g/mol. The van der Waals surface area contributed by atoms with E-state index in [1.165, 1.54) is 12.1 Å². The van der Waals surface area contributed by atoms with Crippen molar-refractivity contribution in [1.82, 2.24) is 16.0 Å². The fourth-order valence-corrected chi connectivity index (χ4v) is 2.78. The van der Waals surface area contributed by atoms with E-state index in [-0.39, 0.29) is 43.4 Å². The molecule has 0 atom stereocenters. The van der Waals surface area contributed by atoms with Crippen LogP contribution in [0.2, 0.25) is 5.02 Å². The molecule has 0 bridgehead atoms. The third kappa shape index (κ3) is 6.94. The molecule has 2 aromatic carbocycles. The van der Waals surface area contributed by atoms with Crippen LogP contribution in [-0.4, -0.2) is 37.4 Å². The molecule has 2 rings (SSSR count). The van der Waals surface area contributed by atoms with Crippen molar-refractivity contribution in [2.45, 2.75) is 6.42 Å². The van der Waals surface area contributed by atoms with Crippen molar-refractivity contribution >= 4 is 45.3 Å². The van der Waals surface area contributed by atoms with Crippen LogP contribution in [0.5, 0.6) is 0 Å². The van der Waals surface area contributed by atoms with Crippen molar-refractivity contribution in [1.29, 1.82) is 0 Å². The highest BCUT2D eigenvalue weighted by atomic mass is 79.9.